The SMILES string of the molecule is CCN(CC)Cc1ccccc1CNC(=O)C1(CC)CCCN1.Cl.Cl. The second-order valence-electron chi connectivity index (χ2n) is 6.38. The van der Waals surface area contributed by atoms with E-state index < -0.39 is 0 Å². The molecule has 0 aromatic heterocycles. The summed E-state index contributed by atoms with van der Waals surface area (Å²) in [6, 6.07) is 8.43. The molecule has 1 aliphatic heterocycles. The Labute approximate surface area is 164 Å². The Kier molecular flexibility index (Phi) is 11.4. The van der Waals surface area contributed by atoms with E-state index in [0.29, 0.717) is 6.54 Å². The summed E-state index contributed by atoms with van der Waals surface area (Å²) in [5.41, 5.74) is 2.17. The molecule has 144 valence electrons. The number of carbonyl (C=O) groups excluding carboxylic acids is 1. The summed E-state index contributed by atoms with van der Waals surface area (Å²) in [5.74, 6) is 0.148. The van der Waals surface area contributed by atoms with Crippen LogP contribution in [0, 0.1) is 0 Å². The highest BCUT2D eigenvalue weighted by atomic mass is 35.5. The Balaban J connectivity index is 0.00000288. The molecule has 0 bridgehead atoms. The van der Waals surface area contributed by atoms with Gasteiger partial charge in [-0.2, -0.15) is 0 Å². The second-order valence-corrected chi connectivity index (χ2v) is 6.38. The molecule has 1 atom stereocenters. The van der Waals surface area contributed by atoms with Crippen LogP contribution in [0.15, 0.2) is 24.3 Å². The molecule has 4 nitrogen and oxygen atoms in total. The average molecular weight is 390 g/mol. The molecule has 1 aromatic rings. The Morgan fingerprint density at radius 3 is 2.32 bits per heavy atom. The molecule has 25 heavy (non-hydrogen) atoms. The summed E-state index contributed by atoms with van der Waals surface area (Å²) in [7, 11) is 0. The van der Waals surface area contributed by atoms with E-state index in [2.05, 4.69) is 60.6 Å². The Morgan fingerprint density at radius 2 is 1.80 bits per heavy atom. The number of amides is 1. The molecule has 6 heteroatoms. The van der Waals surface area contributed by atoms with Gasteiger partial charge in [-0.1, -0.05) is 45.0 Å². The fourth-order valence-electron chi connectivity index (χ4n) is 3.38. The van der Waals surface area contributed by atoms with E-state index in [0.717, 1.165) is 45.4 Å². The normalized spacial score (nSPS) is 19.2. The van der Waals surface area contributed by atoms with E-state index in [1.54, 1.807) is 0 Å². The van der Waals surface area contributed by atoms with Crippen molar-refractivity contribution in [3.05, 3.63) is 35.4 Å². The van der Waals surface area contributed by atoms with Crippen LogP contribution in [0.5, 0.6) is 0 Å². The third-order valence-electron chi connectivity index (χ3n) is 5.13. The fraction of sp³-hybridized carbons (Fsp3) is 0.632. The molecule has 2 N–H and O–H groups in total. The number of halogens is 2. The molecule has 0 radical (unpaired) electrons. The van der Waals surface area contributed by atoms with E-state index in [-0.39, 0.29) is 36.3 Å². The molecular weight excluding hydrogens is 357 g/mol. The van der Waals surface area contributed by atoms with Crippen LogP contribution < -0.4 is 10.6 Å². The lowest BCUT2D eigenvalue weighted by atomic mass is 9.93. The van der Waals surface area contributed by atoms with Crippen molar-refractivity contribution in [2.24, 2.45) is 0 Å². The van der Waals surface area contributed by atoms with E-state index in [4.69, 9.17) is 0 Å². The molecule has 0 aliphatic carbocycles. The summed E-state index contributed by atoms with van der Waals surface area (Å²) in [6.07, 6.45) is 2.87. The first-order chi connectivity index (χ1) is 11.1. The summed E-state index contributed by atoms with van der Waals surface area (Å²) >= 11 is 0. The fourth-order valence-corrected chi connectivity index (χ4v) is 3.38. The minimum Gasteiger partial charge on any atom is -0.350 e. The first kappa shape index (κ1) is 24.2. The van der Waals surface area contributed by atoms with Crippen molar-refractivity contribution in [1.82, 2.24) is 15.5 Å². The monoisotopic (exact) mass is 389 g/mol. The van der Waals surface area contributed by atoms with Gasteiger partial charge < -0.3 is 10.6 Å². The van der Waals surface area contributed by atoms with Crippen LogP contribution in [0.4, 0.5) is 0 Å². The Morgan fingerprint density at radius 1 is 1.16 bits per heavy atom. The number of hydrogen-bond acceptors (Lipinski definition) is 3. The van der Waals surface area contributed by atoms with Crippen molar-refractivity contribution < 1.29 is 4.79 Å². The predicted molar refractivity (Wildman–Crippen MR) is 110 cm³/mol. The zero-order chi connectivity index (χ0) is 16.7. The van der Waals surface area contributed by atoms with Crippen LogP contribution in [-0.4, -0.2) is 36.0 Å². The van der Waals surface area contributed by atoms with Crippen LogP contribution in [0.2, 0.25) is 0 Å². The molecular formula is C19H33Cl2N3O. The minimum absolute atomic E-state index is 0. The van der Waals surface area contributed by atoms with Crippen molar-refractivity contribution in [2.45, 2.75) is 58.7 Å². The van der Waals surface area contributed by atoms with Gasteiger partial charge in [0.15, 0.2) is 0 Å². The van der Waals surface area contributed by atoms with Gasteiger partial charge in [-0.15, -0.1) is 24.8 Å². The Bertz CT molecular complexity index is 515. The zero-order valence-electron chi connectivity index (χ0n) is 15.6. The molecule has 1 unspecified atom stereocenters. The summed E-state index contributed by atoms with van der Waals surface area (Å²) in [6.45, 7) is 11.0. The molecule has 0 spiro atoms. The van der Waals surface area contributed by atoms with Crippen LogP contribution in [0.1, 0.15) is 51.2 Å². The van der Waals surface area contributed by atoms with E-state index >= 15 is 0 Å². The molecule has 1 aromatic carbocycles. The topological polar surface area (TPSA) is 44.4 Å². The van der Waals surface area contributed by atoms with Crippen molar-refractivity contribution in [1.29, 1.82) is 0 Å². The van der Waals surface area contributed by atoms with Gasteiger partial charge in [-0.3, -0.25) is 9.69 Å². The highest BCUT2D eigenvalue weighted by Gasteiger charge is 2.38. The van der Waals surface area contributed by atoms with Crippen LogP contribution >= 0.6 is 24.8 Å². The van der Waals surface area contributed by atoms with Gasteiger partial charge in [-0.25, -0.2) is 0 Å². The van der Waals surface area contributed by atoms with Gasteiger partial charge in [0.1, 0.15) is 0 Å². The van der Waals surface area contributed by atoms with Gasteiger partial charge >= 0.3 is 0 Å². The van der Waals surface area contributed by atoms with Crippen molar-refractivity contribution >= 4 is 30.7 Å². The lowest BCUT2D eigenvalue weighted by Gasteiger charge is -2.27. The lowest BCUT2D eigenvalue weighted by molar-refractivity contribution is -0.127. The maximum absolute atomic E-state index is 12.6. The quantitative estimate of drug-likeness (QED) is 0.714. The van der Waals surface area contributed by atoms with E-state index in [1.165, 1.54) is 11.1 Å². The summed E-state index contributed by atoms with van der Waals surface area (Å²) in [5, 5.41) is 6.56. The highest BCUT2D eigenvalue weighted by Crippen LogP contribution is 2.23. The number of nitrogens with zero attached hydrogens (tertiary/aromatic N) is 1. The molecule has 1 saturated heterocycles. The molecule has 2 rings (SSSR count). The lowest BCUT2D eigenvalue weighted by Crippen LogP contribution is -2.52. The average Bonchev–Trinajstić information content (AvgIpc) is 3.08. The number of hydrogen-bond donors (Lipinski definition) is 2. The van der Waals surface area contributed by atoms with Gasteiger partial charge in [0.05, 0.1) is 5.54 Å². The first-order valence-corrected chi connectivity index (χ1v) is 8.97. The Hall–Kier alpha value is -0.810. The smallest absolute Gasteiger partial charge is 0.240 e. The number of benzene rings is 1. The third-order valence-corrected chi connectivity index (χ3v) is 5.13. The number of rotatable bonds is 8. The summed E-state index contributed by atoms with van der Waals surface area (Å²) in [4.78, 5) is 15.0. The third kappa shape index (κ3) is 6.14. The first-order valence-electron chi connectivity index (χ1n) is 8.97. The minimum atomic E-state index is -0.353. The van der Waals surface area contributed by atoms with Gasteiger partial charge in [-0.05, 0) is 50.0 Å². The molecule has 0 saturated carbocycles. The van der Waals surface area contributed by atoms with Crippen LogP contribution in [0.3, 0.4) is 0 Å². The van der Waals surface area contributed by atoms with Gasteiger partial charge in [0.2, 0.25) is 5.91 Å². The highest BCUT2D eigenvalue weighted by molar-refractivity contribution is 5.86. The molecule has 1 fully saturated rings. The zero-order valence-corrected chi connectivity index (χ0v) is 17.3. The maximum Gasteiger partial charge on any atom is 0.240 e. The standard InChI is InChI=1S/C19H31N3O.2ClH/c1-4-19(12-9-13-21-19)18(23)20-14-16-10-7-8-11-17(16)15-22(5-2)6-3;;/h7-8,10-11,21H,4-6,9,12-15H2,1-3H3,(H,20,23);2*1H. The summed E-state index contributed by atoms with van der Waals surface area (Å²) < 4.78 is 0. The van der Waals surface area contributed by atoms with Crippen LogP contribution in [-0.2, 0) is 17.9 Å². The predicted octanol–water partition coefficient (Wildman–Crippen LogP) is 3.52. The van der Waals surface area contributed by atoms with Gasteiger partial charge in [0, 0.05) is 13.1 Å². The number of carbonyl (C=O) groups is 1. The maximum atomic E-state index is 12.6. The molecule has 1 amide bonds. The number of nitrogens with one attached hydrogen (secondary N) is 2. The van der Waals surface area contributed by atoms with E-state index in [9.17, 15) is 4.79 Å². The second kappa shape index (κ2) is 11.7. The van der Waals surface area contributed by atoms with Crippen molar-refractivity contribution in [2.75, 3.05) is 19.6 Å². The molecule has 1 heterocycles. The van der Waals surface area contributed by atoms with Crippen molar-refractivity contribution in [3.8, 4) is 0 Å². The van der Waals surface area contributed by atoms with E-state index in [1.807, 2.05) is 0 Å². The molecule has 1 aliphatic rings. The van der Waals surface area contributed by atoms with Gasteiger partial charge in [0.25, 0.3) is 0 Å². The van der Waals surface area contributed by atoms with Crippen molar-refractivity contribution in [3.63, 3.8) is 0 Å². The van der Waals surface area contributed by atoms with Crippen LogP contribution in [0.25, 0.3) is 0 Å². The largest absolute Gasteiger partial charge is 0.350 e.